The first-order chi connectivity index (χ1) is 14.4. The number of carbonyl (C=O) groups is 2. The Labute approximate surface area is 180 Å². The quantitative estimate of drug-likeness (QED) is 0.610. The van der Waals surface area contributed by atoms with Crippen LogP contribution in [0.1, 0.15) is 80.3 Å². The predicted molar refractivity (Wildman–Crippen MR) is 119 cm³/mol. The summed E-state index contributed by atoms with van der Waals surface area (Å²) in [5.74, 6) is 2.70. The van der Waals surface area contributed by atoms with Gasteiger partial charge < -0.3 is 9.64 Å². The van der Waals surface area contributed by atoms with Crippen LogP contribution in [0.4, 0.5) is 0 Å². The van der Waals surface area contributed by atoms with Crippen molar-refractivity contribution < 1.29 is 14.3 Å². The van der Waals surface area contributed by atoms with E-state index >= 15 is 0 Å². The van der Waals surface area contributed by atoms with Crippen molar-refractivity contribution in [2.45, 2.75) is 65.2 Å². The first kappa shape index (κ1) is 21.1. The number of fused-ring (bicyclic) bond motifs is 5. The van der Waals surface area contributed by atoms with E-state index in [1.807, 2.05) is 18.7 Å². The topological polar surface area (TPSA) is 46.6 Å². The van der Waals surface area contributed by atoms with Gasteiger partial charge in [0, 0.05) is 24.9 Å². The van der Waals surface area contributed by atoms with E-state index in [0.29, 0.717) is 54.5 Å². The van der Waals surface area contributed by atoms with Crippen LogP contribution in [-0.4, -0.2) is 36.3 Å². The molecular formula is C26H35NO3. The van der Waals surface area contributed by atoms with Gasteiger partial charge in [-0.05, 0) is 87.0 Å². The van der Waals surface area contributed by atoms with Crippen molar-refractivity contribution in [2.75, 3.05) is 19.7 Å². The lowest BCUT2D eigenvalue weighted by molar-refractivity contribution is -0.129. The molecule has 0 saturated heterocycles. The molecule has 4 rings (SSSR count). The zero-order chi connectivity index (χ0) is 21.5. The zero-order valence-corrected chi connectivity index (χ0v) is 18.7. The average Bonchev–Trinajstić information content (AvgIpc) is 3.06. The van der Waals surface area contributed by atoms with Gasteiger partial charge in [0.15, 0.2) is 0 Å². The summed E-state index contributed by atoms with van der Waals surface area (Å²) >= 11 is 0. The lowest BCUT2D eigenvalue weighted by Gasteiger charge is -2.48. The highest BCUT2D eigenvalue weighted by Gasteiger charge is 2.54. The molecule has 4 heteroatoms. The Morgan fingerprint density at radius 3 is 2.70 bits per heavy atom. The van der Waals surface area contributed by atoms with Gasteiger partial charge in [-0.3, -0.25) is 9.59 Å². The Balaban J connectivity index is 1.73. The van der Waals surface area contributed by atoms with Crippen LogP contribution < -0.4 is 4.74 Å². The number of ether oxygens (including phenoxy) is 1. The maximum atomic E-state index is 13.3. The van der Waals surface area contributed by atoms with E-state index < -0.39 is 0 Å². The number of aryl methyl sites for hydroxylation is 1. The van der Waals surface area contributed by atoms with Gasteiger partial charge in [-0.1, -0.05) is 19.6 Å². The van der Waals surface area contributed by atoms with Crippen LogP contribution in [0.2, 0.25) is 0 Å². The molecule has 1 amide bonds. The summed E-state index contributed by atoms with van der Waals surface area (Å²) in [4.78, 5) is 27.8. The standard InChI is InChI=1S/C26H35NO3/c1-5-14-30-23-15-17-8-9-19-18(12-13-26(4)22(19)10-11-24(26)28)20(17)16-21(23)25(29)27(6-2)7-3/h5,15-16,18-19,22H,1,6-14H2,2-4H3/t18-,19+,22-,26-/m0/s1. The third kappa shape index (κ3) is 3.29. The molecule has 0 unspecified atom stereocenters. The first-order valence-corrected chi connectivity index (χ1v) is 11.7. The number of amides is 1. The summed E-state index contributed by atoms with van der Waals surface area (Å²) in [6, 6.07) is 4.24. The Bertz CT molecular complexity index is 856. The van der Waals surface area contributed by atoms with Gasteiger partial charge in [0.25, 0.3) is 5.91 Å². The largest absolute Gasteiger partial charge is 0.489 e. The van der Waals surface area contributed by atoms with E-state index in [4.69, 9.17) is 4.74 Å². The van der Waals surface area contributed by atoms with E-state index in [2.05, 4.69) is 25.6 Å². The summed E-state index contributed by atoms with van der Waals surface area (Å²) < 4.78 is 5.94. The van der Waals surface area contributed by atoms with Gasteiger partial charge in [-0.2, -0.15) is 0 Å². The van der Waals surface area contributed by atoms with Crippen LogP contribution in [0.25, 0.3) is 0 Å². The summed E-state index contributed by atoms with van der Waals surface area (Å²) in [5.41, 5.74) is 3.20. The van der Waals surface area contributed by atoms with Gasteiger partial charge in [0.05, 0.1) is 5.56 Å². The van der Waals surface area contributed by atoms with Crippen molar-refractivity contribution in [1.29, 1.82) is 0 Å². The molecule has 0 N–H and O–H groups in total. The smallest absolute Gasteiger partial charge is 0.257 e. The lowest BCUT2D eigenvalue weighted by atomic mass is 9.55. The van der Waals surface area contributed by atoms with Crippen molar-refractivity contribution in [1.82, 2.24) is 4.90 Å². The lowest BCUT2D eigenvalue weighted by Crippen LogP contribution is -2.42. The second-order valence-electron chi connectivity index (χ2n) is 9.46. The summed E-state index contributed by atoms with van der Waals surface area (Å²) in [5, 5.41) is 0. The molecule has 0 aliphatic heterocycles. The van der Waals surface area contributed by atoms with Crippen molar-refractivity contribution in [3.8, 4) is 5.75 Å². The van der Waals surface area contributed by atoms with Crippen LogP contribution in [0.15, 0.2) is 24.8 Å². The molecular weight excluding hydrogens is 374 g/mol. The molecule has 1 aromatic carbocycles. The minimum absolute atomic E-state index is 0.0423. The van der Waals surface area contributed by atoms with E-state index in [-0.39, 0.29) is 11.3 Å². The van der Waals surface area contributed by atoms with E-state index in [1.165, 1.54) is 11.1 Å². The molecule has 0 bridgehead atoms. The summed E-state index contributed by atoms with van der Waals surface area (Å²) in [7, 11) is 0. The fraction of sp³-hybridized carbons (Fsp3) is 0.615. The highest BCUT2D eigenvalue weighted by molar-refractivity contribution is 5.97. The Kier molecular flexibility index (Phi) is 5.78. The fourth-order valence-electron chi connectivity index (χ4n) is 6.49. The molecule has 0 radical (unpaired) electrons. The molecule has 1 aromatic rings. The number of benzene rings is 1. The van der Waals surface area contributed by atoms with Crippen molar-refractivity contribution >= 4 is 11.7 Å². The average molecular weight is 410 g/mol. The van der Waals surface area contributed by atoms with Gasteiger partial charge in [-0.15, -0.1) is 0 Å². The van der Waals surface area contributed by atoms with E-state index in [9.17, 15) is 9.59 Å². The molecule has 2 saturated carbocycles. The molecule has 4 nitrogen and oxygen atoms in total. The molecule has 3 aliphatic carbocycles. The maximum absolute atomic E-state index is 13.3. The third-order valence-electron chi connectivity index (χ3n) is 8.17. The maximum Gasteiger partial charge on any atom is 0.257 e. The Hall–Kier alpha value is -2.10. The van der Waals surface area contributed by atoms with Gasteiger partial charge >= 0.3 is 0 Å². The van der Waals surface area contributed by atoms with Crippen LogP contribution in [0.3, 0.4) is 0 Å². The second kappa shape index (κ2) is 8.20. The summed E-state index contributed by atoms with van der Waals surface area (Å²) in [6.45, 7) is 11.7. The number of carbonyl (C=O) groups excluding carboxylic acids is 2. The normalized spacial score (nSPS) is 29.6. The number of nitrogens with zero attached hydrogens (tertiary/aromatic N) is 1. The molecule has 0 aromatic heterocycles. The van der Waals surface area contributed by atoms with E-state index in [1.54, 1.807) is 6.08 Å². The molecule has 0 spiro atoms. The van der Waals surface area contributed by atoms with Crippen LogP contribution in [0.5, 0.6) is 5.75 Å². The number of ketones is 1. The molecule has 3 aliphatic rings. The van der Waals surface area contributed by atoms with E-state index in [0.717, 1.165) is 38.5 Å². The number of hydrogen-bond donors (Lipinski definition) is 0. The highest BCUT2D eigenvalue weighted by Crippen LogP contribution is 2.59. The number of Topliss-reactive ketones (excluding diaryl/α,β-unsaturated/α-hetero) is 1. The monoisotopic (exact) mass is 409 g/mol. The SMILES string of the molecule is C=CCOc1cc2c(cc1C(=O)N(CC)CC)[C@H]1CC[C@]3(C)C(=O)CC[C@H]3[C@@H]1CC2. The van der Waals surface area contributed by atoms with Crippen LogP contribution >= 0.6 is 0 Å². The molecule has 30 heavy (non-hydrogen) atoms. The van der Waals surface area contributed by atoms with Crippen molar-refractivity contribution in [2.24, 2.45) is 17.3 Å². The third-order valence-corrected chi connectivity index (χ3v) is 8.17. The summed E-state index contributed by atoms with van der Waals surface area (Å²) in [6.07, 6.45) is 7.67. The molecule has 162 valence electrons. The molecule has 2 fully saturated rings. The van der Waals surface area contributed by atoms with Crippen LogP contribution in [-0.2, 0) is 11.2 Å². The minimum Gasteiger partial charge on any atom is -0.489 e. The highest BCUT2D eigenvalue weighted by atomic mass is 16.5. The minimum atomic E-state index is -0.119. The van der Waals surface area contributed by atoms with Crippen LogP contribution in [0, 0.1) is 17.3 Å². The van der Waals surface area contributed by atoms with Gasteiger partial charge in [-0.25, -0.2) is 0 Å². The Morgan fingerprint density at radius 1 is 1.23 bits per heavy atom. The molecule has 4 atom stereocenters. The zero-order valence-electron chi connectivity index (χ0n) is 18.7. The Morgan fingerprint density at radius 2 is 2.00 bits per heavy atom. The van der Waals surface area contributed by atoms with Gasteiger partial charge in [0.1, 0.15) is 18.1 Å². The fourth-order valence-corrected chi connectivity index (χ4v) is 6.49. The second-order valence-corrected chi connectivity index (χ2v) is 9.46. The van der Waals surface area contributed by atoms with Gasteiger partial charge in [0.2, 0.25) is 0 Å². The number of hydrogen-bond acceptors (Lipinski definition) is 3. The predicted octanol–water partition coefficient (Wildman–Crippen LogP) is 5.16. The first-order valence-electron chi connectivity index (χ1n) is 11.7. The van der Waals surface area contributed by atoms with Crippen molar-refractivity contribution in [3.05, 3.63) is 41.5 Å². The van der Waals surface area contributed by atoms with Crippen molar-refractivity contribution in [3.63, 3.8) is 0 Å². The molecule has 0 heterocycles. The number of rotatable bonds is 6.